The van der Waals surface area contributed by atoms with Gasteiger partial charge >= 0.3 is 12.1 Å². The highest BCUT2D eigenvalue weighted by atomic mass is 16.6. The Labute approximate surface area is 158 Å². The van der Waals surface area contributed by atoms with Gasteiger partial charge < -0.3 is 20.1 Å². The summed E-state index contributed by atoms with van der Waals surface area (Å²) < 4.78 is 5.41. The Bertz CT molecular complexity index is 775. The molecule has 2 N–H and O–H groups in total. The number of nitrogens with one attached hydrogen (secondary N) is 1. The number of hydrogen-bond acceptors (Lipinski definition) is 4. The van der Waals surface area contributed by atoms with Gasteiger partial charge in [-0.05, 0) is 50.8 Å². The van der Waals surface area contributed by atoms with Crippen LogP contribution in [0.1, 0.15) is 38.7 Å². The number of piperidine rings is 1. The van der Waals surface area contributed by atoms with Crippen molar-refractivity contribution in [3.63, 3.8) is 0 Å². The molecule has 1 aliphatic heterocycles. The van der Waals surface area contributed by atoms with Crippen LogP contribution < -0.4 is 5.32 Å². The van der Waals surface area contributed by atoms with E-state index in [0.29, 0.717) is 24.2 Å². The molecule has 0 saturated carbocycles. The first kappa shape index (κ1) is 20.3. The number of rotatable bonds is 3. The van der Waals surface area contributed by atoms with Crippen LogP contribution in [0, 0.1) is 18.3 Å². The van der Waals surface area contributed by atoms with Gasteiger partial charge in [-0.25, -0.2) is 4.79 Å². The highest BCUT2D eigenvalue weighted by molar-refractivity contribution is 6.03. The fraction of sp³-hybridized carbons (Fsp3) is 0.450. The van der Waals surface area contributed by atoms with E-state index in [-0.39, 0.29) is 6.54 Å². The van der Waals surface area contributed by atoms with Crippen molar-refractivity contribution in [1.29, 1.82) is 0 Å². The minimum atomic E-state index is -0.915. The normalized spacial score (nSPS) is 19.7. The summed E-state index contributed by atoms with van der Waals surface area (Å²) in [5, 5.41) is 12.2. The summed E-state index contributed by atoms with van der Waals surface area (Å²) in [6.07, 6.45) is 4.92. The van der Waals surface area contributed by atoms with Gasteiger partial charge in [0.25, 0.3) is 5.91 Å². The van der Waals surface area contributed by atoms with Gasteiger partial charge in [-0.15, -0.1) is 6.42 Å². The first-order valence-electron chi connectivity index (χ1n) is 8.69. The predicted molar refractivity (Wildman–Crippen MR) is 100 cm³/mol. The van der Waals surface area contributed by atoms with Crippen LogP contribution in [0.4, 0.5) is 10.5 Å². The van der Waals surface area contributed by atoms with E-state index in [2.05, 4.69) is 5.32 Å². The van der Waals surface area contributed by atoms with Crippen LogP contribution >= 0.6 is 0 Å². The van der Waals surface area contributed by atoms with Gasteiger partial charge in [0.2, 0.25) is 0 Å². The number of aliphatic carboxylic acids is 1. The van der Waals surface area contributed by atoms with E-state index in [1.807, 2.05) is 5.92 Å². The van der Waals surface area contributed by atoms with Crippen molar-refractivity contribution in [2.45, 2.75) is 38.7 Å². The molecule has 0 spiro atoms. The number of ether oxygens (including phenoxy) is 1. The van der Waals surface area contributed by atoms with E-state index in [9.17, 15) is 19.5 Å². The summed E-state index contributed by atoms with van der Waals surface area (Å²) in [4.78, 5) is 37.1. The number of hydrogen-bond donors (Lipinski definition) is 2. The lowest BCUT2D eigenvalue weighted by atomic mass is 9.80. The predicted octanol–water partition coefficient (Wildman–Crippen LogP) is 2.68. The van der Waals surface area contributed by atoms with Crippen molar-refractivity contribution in [1.82, 2.24) is 4.90 Å². The van der Waals surface area contributed by atoms with Crippen molar-refractivity contribution >= 4 is 23.7 Å². The molecule has 0 aromatic heterocycles. The zero-order chi connectivity index (χ0) is 20.2. The highest BCUT2D eigenvalue weighted by Gasteiger charge is 2.38. The van der Waals surface area contributed by atoms with Crippen molar-refractivity contribution < 1.29 is 24.2 Å². The standard InChI is InChI=1S/C20H24N2O5/c1-5-17(23)21-14-8-6-7-13(11-14)16-12-22(10-9-15(16)18(24)25)19(26)27-20(2,3)4/h1,6-8,11,15-16H,9-10,12H2,2-4H3,(H,21,23)(H,24,25)/t15-,16+/m1/s1. The number of terminal acetylenes is 1. The van der Waals surface area contributed by atoms with Crippen LogP contribution in [-0.4, -0.2) is 46.7 Å². The van der Waals surface area contributed by atoms with Gasteiger partial charge in [-0.2, -0.15) is 0 Å². The molecule has 1 heterocycles. The van der Waals surface area contributed by atoms with Crippen LogP contribution in [0.3, 0.4) is 0 Å². The first-order valence-corrected chi connectivity index (χ1v) is 8.69. The number of likely N-dealkylation sites (tertiary alicyclic amines) is 1. The van der Waals surface area contributed by atoms with Gasteiger partial charge in [-0.1, -0.05) is 12.1 Å². The first-order chi connectivity index (χ1) is 12.6. The number of benzene rings is 1. The number of carboxylic acid groups (broad SMARTS) is 1. The Kier molecular flexibility index (Phi) is 6.11. The molecule has 1 aromatic carbocycles. The molecule has 1 aromatic rings. The molecule has 144 valence electrons. The van der Waals surface area contributed by atoms with Crippen LogP contribution in [-0.2, 0) is 14.3 Å². The molecular weight excluding hydrogens is 348 g/mol. The molecule has 2 amide bonds. The highest BCUT2D eigenvalue weighted by Crippen LogP contribution is 2.34. The van der Waals surface area contributed by atoms with Crippen LogP contribution in [0.15, 0.2) is 24.3 Å². The molecule has 0 unspecified atom stereocenters. The summed E-state index contributed by atoms with van der Waals surface area (Å²) >= 11 is 0. The fourth-order valence-corrected chi connectivity index (χ4v) is 3.09. The molecule has 2 atom stereocenters. The molecule has 1 saturated heterocycles. The zero-order valence-electron chi connectivity index (χ0n) is 15.7. The average Bonchev–Trinajstić information content (AvgIpc) is 2.59. The van der Waals surface area contributed by atoms with Gasteiger partial charge in [0.1, 0.15) is 5.60 Å². The topological polar surface area (TPSA) is 95.9 Å². The van der Waals surface area contributed by atoms with Crippen molar-refractivity contribution in [2.75, 3.05) is 18.4 Å². The molecule has 0 aliphatic carbocycles. The molecular formula is C20H24N2O5. The van der Waals surface area contributed by atoms with E-state index in [4.69, 9.17) is 11.2 Å². The third-order valence-corrected chi connectivity index (χ3v) is 4.29. The lowest BCUT2D eigenvalue weighted by Gasteiger charge is -2.37. The van der Waals surface area contributed by atoms with E-state index in [1.54, 1.807) is 45.0 Å². The second-order valence-electron chi connectivity index (χ2n) is 7.49. The molecule has 1 aliphatic rings. The summed E-state index contributed by atoms with van der Waals surface area (Å²) in [5.74, 6) is -0.589. The number of anilines is 1. The Balaban J connectivity index is 2.26. The van der Waals surface area contributed by atoms with E-state index >= 15 is 0 Å². The van der Waals surface area contributed by atoms with Gasteiger partial charge in [-0.3, -0.25) is 9.59 Å². The third kappa shape index (κ3) is 5.48. The summed E-state index contributed by atoms with van der Waals surface area (Å²) in [6, 6.07) is 6.86. The monoisotopic (exact) mass is 372 g/mol. The number of carboxylic acids is 1. The van der Waals surface area contributed by atoms with Gasteiger partial charge in [0, 0.05) is 24.7 Å². The minimum Gasteiger partial charge on any atom is -0.481 e. The third-order valence-electron chi connectivity index (χ3n) is 4.29. The number of carbonyl (C=O) groups is 3. The number of amides is 2. The second-order valence-corrected chi connectivity index (χ2v) is 7.49. The molecule has 27 heavy (non-hydrogen) atoms. The second kappa shape index (κ2) is 8.12. The quantitative estimate of drug-likeness (QED) is 0.796. The van der Waals surface area contributed by atoms with E-state index in [0.717, 1.165) is 0 Å². The van der Waals surface area contributed by atoms with Crippen molar-refractivity contribution in [3.05, 3.63) is 29.8 Å². The molecule has 1 fully saturated rings. The van der Waals surface area contributed by atoms with Crippen LogP contribution in [0.2, 0.25) is 0 Å². The van der Waals surface area contributed by atoms with Crippen LogP contribution in [0.25, 0.3) is 0 Å². The SMILES string of the molecule is C#CC(=O)Nc1cccc([C@@H]2CN(C(=O)OC(C)(C)C)CC[C@H]2C(=O)O)c1. The summed E-state index contributed by atoms with van der Waals surface area (Å²) in [5.41, 5.74) is 0.565. The average molecular weight is 372 g/mol. The Hall–Kier alpha value is -3.01. The molecule has 0 radical (unpaired) electrons. The fourth-order valence-electron chi connectivity index (χ4n) is 3.09. The molecule has 7 nitrogen and oxygen atoms in total. The Morgan fingerprint density at radius 1 is 1.33 bits per heavy atom. The minimum absolute atomic E-state index is 0.221. The van der Waals surface area contributed by atoms with Gasteiger partial charge in [0.15, 0.2) is 0 Å². The summed E-state index contributed by atoms with van der Waals surface area (Å²) in [7, 11) is 0. The lowest BCUT2D eigenvalue weighted by Crippen LogP contribution is -2.46. The smallest absolute Gasteiger partial charge is 0.410 e. The number of nitrogens with zero attached hydrogens (tertiary/aromatic N) is 1. The van der Waals surface area contributed by atoms with E-state index in [1.165, 1.54) is 4.90 Å². The van der Waals surface area contributed by atoms with Crippen molar-refractivity contribution in [3.8, 4) is 12.3 Å². The van der Waals surface area contributed by atoms with Crippen molar-refractivity contribution in [2.24, 2.45) is 5.92 Å². The van der Waals surface area contributed by atoms with E-state index < -0.39 is 35.4 Å². The molecule has 7 heteroatoms. The largest absolute Gasteiger partial charge is 0.481 e. The van der Waals surface area contributed by atoms with Gasteiger partial charge in [0.05, 0.1) is 5.92 Å². The maximum atomic E-state index is 12.4. The number of carbonyl (C=O) groups excluding carboxylic acids is 2. The maximum absolute atomic E-state index is 12.4. The molecule has 2 rings (SSSR count). The molecule has 0 bridgehead atoms. The lowest BCUT2D eigenvalue weighted by molar-refractivity contribution is -0.144. The zero-order valence-corrected chi connectivity index (χ0v) is 15.7. The maximum Gasteiger partial charge on any atom is 0.410 e. The van der Waals surface area contributed by atoms with Crippen LogP contribution in [0.5, 0.6) is 0 Å². The Morgan fingerprint density at radius 3 is 2.63 bits per heavy atom. The summed E-state index contributed by atoms with van der Waals surface area (Å²) in [6.45, 7) is 5.88. The Morgan fingerprint density at radius 2 is 2.04 bits per heavy atom.